The molecule has 16 heteroatoms. The Balaban J connectivity index is 3.22. The van der Waals surface area contributed by atoms with Crippen molar-refractivity contribution in [3.05, 3.63) is 36.4 Å². The molecular formula is C13H11F6NO7S2. The molecule has 0 saturated heterocycles. The molecule has 0 radical (unpaired) electrons. The summed E-state index contributed by atoms with van der Waals surface area (Å²) in [6.07, 6.45) is 0. The van der Waals surface area contributed by atoms with Crippen LogP contribution in [0.2, 0.25) is 0 Å². The predicted octanol–water partition coefficient (Wildman–Crippen LogP) is 2.62. The molecule has 0 aromatic heterocycles. The van der Waals surface area contributed by atoms with Gasteiger partial charge in [0.05, 0.1) is 0 Å². The minimum atomic E-state index is -7.13. The summed E-state index contributed by atoms with van der Waals surface area (Å²) in [6.45, 7) is 4.65. The second-order valence-corrected chi connectivity index (χ2v) is 8.43. The van der Waals surface area contributed by atoms with Crippen LogP contribution in [0.5, 0.6) is 5.75 Å². The highest BCUT2D eigenvalue weighted by Crippen LogP contribution is 2.50. The van der Waals surface area contributed by atoms with Gasteiger partial charge in [0.1, 0.15) is 5.75 Å². The maximum absolute atomic E-state index is 13.6. The molecule has 1 amide bonds. The lowest BCUT2D eigenvalue weighted by molar-refractivity contribution is -0.247. The normalized spacial score (nSPS) is 13.7. The average molecular weight is 471 g/mol. The molecule has 0 fully saturated rings. The molecule has 0 heterocycles. The average Bonchev–Trinajstić information content (AvgIpc) is 2.54. The topological polar surface area (TPSA) is 127 Å². The highest BCUT2D eigenvalue weighted by atomic mass is 32.2. The van der Waals surface area contributed by atoms with E-state index in [9.17, 15) is 48.0 Å². The molecule has 0 spiro atoms. The van der Waals surface area contributed by atoms with Gasteiger partial charge in [0.2, 0.25) is 0 Å². The van der Waals surface area contributed by atoms with Crippen LogP contribution in [0, 0.1) is 0 Å². The quantitative estimate of drug-likeness (QED) is 0.258. The van der Waals surface area contributed by atoms with Crippen LogP contribution in [0.1, 0.15) is 6.92 Å². The van der Waals surface area contributed by atoms with Gasteiger partial charge < -0.3 is 9.50 Å². The summed E-state index contributed by atoms with van der Waals surface area (Å²) < 4.78 is 136. The van der Waals surface area contributed by atoms with E-state index in [1.54, 1.807) is 0 Å². The number of hydrogen-bond acceptors (Lipinski definition) is 6. The fourth-order valence-corrected chi connectivity index (χ4v) is 2.93. The Kier molecular flexibility index (Phi) is 6.38. The number of alkyl halides is 6. The van der Waals surface area contributed by atoms with Crippen molar-refractivity contribution in [1.29, 1.82) is 0 Å². The fourth-order valence-electron chi connectivity index (χ4n) is 1.50. The van der Waals surface area contributed by atoms with Crippen LogP contribution in [-0.4, -0.2) is 43.7 Å². The van der Waals surface area contributed by atoms with Crippen LogP contribution in [-0.2, 0) is 25.0 Å². The summed E-state index contributed by atoms with van der Waals surface area (Å²) in [6, 6.07) is 2.96. The monoisotopic (exact) mass is 471 g/mol. The molecule has 0 aliphatic carbocycles. The summed E-state index contributed by atoms with van der Waals surface area (Å²) in [4.78, 5) is 11.4. The maximum atomic E-state index is 13.6. The third kappa shape index (κ3) is 4.48. The van der Waals surface area contributed by atoms with E-state index < -0.39 is 48.3 Å². The molecule has 0 unspecified atom stereocenters. The van der Waals surface area contributed by atoms with Gasteiger partial charge in [-0.2, -0.15) is 43.2 Å². The Morgan fingerprint density at radius 2 is 1.45 bits per heavy atom. The van der Waals surface area contributed by atoms with Crippen molar-refractivity contribution >= 4 is 31.8 Å². The first-order valence-corrected chi connectivity index (χ1v) is 9.74. The predicted molar refractivity (Wildman–Crippen MR) is 85.8 cm³/mol. The van der Waals surface area contributed by atoms with Gasteiger partial charge in [0.15, 0.2) is 0 Å². The van der Waals surface area contributed by atoms with Gasteiger partial charge in [-0.3, -0.25) is 9.35 Å². The molecule has 164 valence electrons. The van der Waals surface area contributed by atoms with Crippen LogP contribution in [0.25, 0.3) is 0 Å². The molecule has 0 aliphatic heterocycles. The lowest BCUT2D eigenvalue weighted by atomic mass is 10.2. The minimum Gasteiger partial charge on any atom is -0.378 e. The number of nitrogens with one attached hydrogen (secondary N) is 1. The van der Waals surface area contributed by atoms with Crippen LogP contribution in [0.4, 0.5) is 32.0 Å². The molecule has 29 heavy (non-hydrogen) atoms. The largest absolute Gasteiger partial charge is 0.450 e. The Morgan fingerprint density at radius 3 is 1.83 bits per heavy atom. The van der Waals surface area contributed by atoms with Gasteiger partial charge in [0, 0.05) is 11.3 Å². The van der Waals surface area contributed by atoms with Crippen molar-refractivity contribution in [2.45, 2.75) is 23.4 Å². The zero-order valence-electron chi connectivity index (χ0n) is 14.0. The van der Waals surface area contributed by atoms with Crippen molar-refractivity contribution in [2.24, 2.45) is 0 Å². The number of amides is 1. The first-order chi connectivity index (χ1) is 12.8. The smallest absolute Gasteiger partial charge is 0.378 e. The molecule has 8 nitrogen and oxygen atoms in total. The molecule has 1 aromatic carbocycles. The molecule has 0 atom stereocenters. The first kappa shape index (κ1) is 24.7. The van der Waals surface area contributed by atoms with E-state index in [2.05, 4.69) is 16.1 Å². The van der Waals surface area contributed by atoms with E-state index in [0.717, 1.165) is 12.1 Å². The lowest BCUT2D eigenvalue weighted by Crippen LogP contribution is -2.61. The van der Waals surface area contributed by atoms with Crippen LogP contribution in [0.3, 0.4) is 0 Å². The van der Waals surface area contributed by atoms with Crippen LogP contribution in [0.15, 0.2) is 36.4 Å². The van der Waals surface area contributed by atoms with Gasteiger partial charge in [-0.25, -0.2) is 0 Å². The van der Waals surface area contributed by atoms with E-state index in [-0.39, 0.29) is 11.3 Å². The van der Waals surface area contributed by atoms with Crippen molar-refractivity contribution in [3.63, 3.8) is 0 Å². The Hall–Kier alpha value is -2.33. The standard InChI is InChI=1S/C13H11F6NO7S2/c1-7(2)10(21)20-8-3-5-9(6-4-8)27-29(25,26)13(18,19)11(14,15)12(16,17)28(22,23)24/h3-6H,1H2,2H3,(H,20,21)(H,22,23,24). The van der Waals surface area contributed by atoms with Gasteiger partial charge in [-0.15, -0.1) is 0 Å². The summed E-state index contributed by atoms with van der Waals surface area (Å²) in [7, 11) is -14.0. The van der Waals surface area contributed by atoms with Gasteiger partial charge >= 0.3 is 36.7 Å². The van der Waals surface area contributed by atoms with Crippen molar-refractivity contribution < 1.29 is 56.7 Å². The molecule has 0 aliphatic rings. The van der Waals surface area contributed by atoms with Crippen LogP contribution >= 0.6 is 0 Å². The van der Waals surface area contributed by atoms with Crippen LogP contribution < -0.4 is 9.50 Å². The SMILES string of the molecule is C=C(C)C(=O)Nc1ccc(OS(=O)(=O)C(F)(F)C(F)(F)C(F)(F)S(=O)(=O)O)cc1. The number of hydrogen-bond donors (Lipinski definition) is 2. The van der Waals surface area contributed by atoms with E-state index in [4.69, 9.17) is 4.55 Å². The summed E-state index contributed by atoms with van der Waals surface area (Å²) in [5, 5.41) is -11.4. The molecule has 1 aromatic rings. The summed E-state index contributed by atoms with van der Waals surface area (Å²) >= 11 is 0. The molecule has 2 N–H and O–H groups in total. The molecule has 0 bridgehead atoms. The Morgan fingerprint density at radius 1 is 1.00 bits per heavy atom. The molecule has 0 saturated carbocycles. The summed E-state index contributed by atoms with van der Waals surface area (Å²) in [5.74, 6) is -8.85. The highest BCUT2D eigenvalue weighted by molar-refractivity contribution is 7.88. The Bertz CT molecular complexity index is 1020. The number of anilines is 1. The van der Waals surface area contributed by atoms with Crippen molar-refractivity contribution in [1.82, 2.24) is 0 Å². The highest BCUT2D eigenvalue weighted by Gasteiger charge is 2.83. The van der Waals surface area contributed by atoms with Gasteiger partial charge in [0.25, 0.3) is 5.91 Å². The van der Waals surface area contributed by atoms with Crippen molar-refractivity contribution in [3.8, 4) is 5.75 Å². The number of carbonyl (C=O) groups is 1. The van der Waals surface area contributed by atoms with E-state index in [1.807, 2.05) is 0 Å². The lowest BCUT2D eigenvalue weighted by Gasteiger charge is -2.29. The van der Waals surface area contributed by atoms with E-state index in [1.165, 1.54) is 6.92 Å². The zero-order chi connectivity index (χ0) is 23.1. The number of carbonyl (C=O) groups excluding carboxylic acids is 1. The van der Waals surface area contributed by atoms with E-state index in [0.29, 0.717) is 12.1 Å². The molecular weight excluding hydrogens is 460 g/mol. The number of benzene rings is 1. The first-order valence-electron chi connectivity index (χ1n) is 6.89. The van der Waals surface area contributed by atoms with E-state index >= 15 is 0 Å². The fraction of sp³-hybridized carbons (Fsp3) is 0.308. The van der Waals surface area contributed by atoms with Gasteiger partial charge in [-0.05, 0) is 31.2 Å². The van der Waals surface area contributed by atoms with Crippen molar-refractivity contribution in [2.75, 3.05) is 5.32 Å². The summed E-state index contributed by atoms with van der Waals surface area (Å²) in [5.41, 5.74) is 0.0345. The second kappa shape index (κ2) is 7.49. The third-order valence-corrected chi connectivity index (χ3v) is 5.28. The minimum absolute atomic E-state index is 0.0299. The Labute approximate surface area is 160 Å². The second-order valence-electron chi connectivity index (χ2n) is 5.38. The number of halogens is 6. The maximum Gasteiger partial charge on any atom is 0.450 e. The van der Waals surface area contributed by atoms with Gasteiger partial charge in [-0.1, -0.05) is 6.58 Å². The third-order valence-electron chi connectivity index (χ3n) is 3.07. The number of rotatable bonds is 8. The zero-order valence-corrected chi connectivity index (χ0v) is 15.6. The molecule has 1 rings (SSSR count).